The van der Waals surface area contributed by atoms with Gasteiger partial charge in [0, 0.05) is 26.2 Å². The van der Waals surface area contributed by atoms with E-state index in [9.17, 15) is 0 Å². The van der Waals surface area contributed by atoms with E-state index in [0.29, 0.717) is 13.1 Å². The second-order valence-corrected chi connectivity index (χ2v) is 1.70. The van der Waals surface area contributed by atoms with Crippen LogP contribution in [-0.2, 0) is 0 Å². The molecule has 0 aliphatic rings. The molecule has 0 unspecified atom stereocenters. The first-order valence-electron chi connectivity index (χ1n) is 3.21. The van der Waals surface area contributed by atoms with E-state index in [1.54, 1.807) is 0 Å². The molecule has 64 valence electrons. The molecule has 0 amide bonds. The molecule has 0 aromatic rings. The highest BCUT2D eigenvalue weighted by atomic mass is 16.3. The summed E-state index contributed by atoms with van der Waals surface area (Å²) in [7, 11) is 0. The van der Waals surface area contributed by atoms with Gasteiger partial charge in [0.2, 0.25) is 0 Å². The van der Waals surface area contributed by atoms with Gasteiger partial charge in [0.1, 0.15) is 0 Å². The van der Waals surface area contributed by atoms with Crippen molar-refractivity contribution < 1.29 is 5.11 Å². The monoisotopic (exact) mass is 150 g/mol. The van der Waals surface area contributed by atoms with Gasteiger partial charge < -0.3 is 28.0 Å². The van der Waals surface area contributed by atoms with Crippen LogP contribution in [0.15, 0.2) is 0 Å². The summed E-state index contributed by atoms with van der Waals surface area (Å²) in [6.07, 6.45) is -0.509. The van der Waals surface area contributed by atoms with Crippen molar-refractivity contribution in [2.24, 2.45) is 22.9 Å². The third-order valence-electron chi connectivity index (χ3n) is 0.711. The van der Waals surface area contributed by atoms with Crippen molar-refractivity contribution in [1.29, 1.82) is 0 Å². The van der Waals surface area contributed by atoms with E-state index >= 15 is 0 Å². The minimum Gasteiger partial charge on any atom is -0.390 e. The first kappa shape index (κ1) is 12.5. The summed E-state index contributed by atoms with van der Waals surface area (Å²) in [4.78, 5) is 0. The van der Waals surface area contributed by atoms with Crippen LogP contribution in [0.3, 0.4) is 0 Å². The Hall–Kier alpha value is -0.200. The van der Waals surface area contributed by atoms with Crippen molar-refractivity contribution in [3.8, 4) is 0 Å². The Morgan fingerprint density at radius 2 is 1.20 bits per heavy atom. The van der Waals surface area contributed by atoms with E-state index < -0.39 is 6.10 Å². The zero-order valence-corrected chi connectivity index (χ0v) is 6.16. The van der Waals surface area contributed by atoms with Crippen LogP contribution in [0.5, 0.6) is 0 Å². The fourth-order valence-electron chi connectivity index (χ4n) is 0.0962. The van der Waals surface area contributed by atoms with Gasteiger partial charge in [0.15, 0.2) is 0 Å². The average molecular weight is 150 g/mol. The third kappa shape index (κ3) is 15.7. The fraction of sp³-hybridized carbons (Fsp3) is 1.00. The average Bonchev–Trinajstić information content (AvgIpc) is 2.03. The molecule has 5 nitrogen and oxygen atoms in total. The van der Waals surface area contributed by atoms with Crippen LogP contribution >= 0.6 is 0 Å². The maximum Gasteiger partial charge on any atom is 0.0784 e. The lowest BCUT2D eigenvalue weighted by atomic mass is 10.4. The summed E-state index contributed by atoms with van der Waals surface area (Å²) in [5, 5.41) is 8.42. The second kappa shape index (κ2) is 11.6. The quantitative estimate of drug-likeness (QED) is 0.296. The standard InChI is InChI=1S/C3H10N2O.C2H8N2/c4-1-3(6)2-5;3-1-2-4/h3,6H,1-2,4-5H2;1-4H2. The Labute approximate surface area is 61.4 Å². The molecule has 0 saturated carbocycles. The van der Waals surface area contributed by atoms with Crippen molar-refractivity contribution in [2.75, 3.05) is 26.2 Å². The van der Waals surface area contributed by atoms with Gasteiger partial charge in [0.25, 0.3) is 0 Å². The molecule has 0 rings (SSSR count). The minimum absolute atomic E-state index is 0.260. The molecule has 0 aliphatic heterocycles. The van der Waals surface area contributed by atoms with E-state index in [-0.39, 0.29) is 13.1 Å². The summed E-state index contributed by atoms with van der Waals surface area (Å²) >= 11 is 0. The Balaban J connectivity index is 0. The Kier molecular flexibility index (Phi) is 14.4. The Morgan fingerprint density at radius 3 is 1.20 bits per heavy atom. The van der Waals surface area contributed by atoms with Gasteiger partial charge in [-0.25, -0.2) is 0 Å². The molecule has 0 radical (unpaired) electrons. The largest absolute Gasteiger partial charge is 0.390 e. The lowest BCUT2D eigenvalue weighted by molar-refractivity contribution is 0.191. The predicted molar refractivity (Wildman–Crippen MR) is 42.2 cm³/mol. The third-order valence-corrected chi connectivity index (χ3v) is 0.711. The van der Waals surface area contributed by atoms with Crippen molar-refractivity contribution >= 4 is 0 Å². The summed E-state index contributed by atoms with van der Waals surface area (Å²) < 4.78 is 0. The molecule has 0 heterocycles. The Morgan fingerprint density at radius 1 is 0.900 bits per heavy atom. The van der Waals surface area contributed by atoms with E-state index in [2.05, 4.69) is 0 Å². The van der Waals surface area contributed by atoms with Crippen LogP contribution in [0, 0.1) is 0 Å². The van der Waals surface area contributed by atoms with Crippen molar-refractivity contribution in [3.63, 3.8) is 0 Å². The molecule has 10 heavy (non-hydrogen) atoms. The van der Waals surface area contributed by atoms with Crippen LogP contribution < -0.4 is 22.9 Å². The molecule has 0 bridgehead atoms. The number of hydrogen-bond acceptors (Lipinski definition) is 5. The van der Waals surface area contributed by atoms with Gasteiger partial charge in [-0.1, -0.05) is 0 Å². The predicted octanol–water partition coefficient (Wildman–Crippen LogP) is -2.83. The number of aliphatic hydroxyl groups is 1. The van der Waals surface area contributed by atoms with Gasteiger partial charge in [-0.2, -0.15) is 0 Å². The number of rotatable bonds is 3. The highest BCUT2D eigenvalue weighted by molar-refractivity contribution is 4.52. The van der Waals surface area contributed by atoms with Gasteiger partial charge in [-0.05, 0) is 0 Å². The maximum absolute atomic E-state index is 8.42. The molecular weight excluding hydrogens is 132 g/mol. The lowest BCUT2D eigenvalue weighted by Gasteiger charge is -1.98. The zero-order chi connectivity index (χ0) is 8.41. The Bertz CT molecular complexity index is 46.9. The van der Waals surface area contributed by atoms with Crippen LogP contribution in [0.1, 0.15) is 0 Å². The summed E-state index contributed by atoms with van der Waals surface area (Å²) in [5.41, 5.74) is 19.7. The molecule has 0 aromatic carbocycles. The van der Waals surface area contributed by atoms with Crippen molar-refractivity contribution in [2.45, 2.75) is 6.10 Å². The van der Waals surface area contributed by atoms with E-state index in [1.165, 1.54) is 0 Å². The summed E-state index contributed by atoms with van der Waals surface area (Å²) in [5.74, 6) is 0. The molecule has 5 heteroatoms. The zero-order valence-electron chi connectivity index (χ0n) is 6.16. The second-order valence-electron chi connectivity index (χ2n) is 1.70. The topological polar surface area (TPSA) is 124 Å². The summed E-state index contributed by atoms with van der Waals surface area (Å²) in [6, 6.07) is 0. The van der Waals surface area contributed by atoms with Crippen LogP contribution in [0.4, 0.5) is 0 Å². The molecule has 0 spiro atoms. The molecule has 0 aromatic heterocycles. The van der Waals surface area contributed by atoms with Gasteiger partial charge in [-0.3, -0.25) is 0 Å². The number of aliphatic hydroxyl groups excluding tert-OH is 1. The minimum atomic E-state index is -0.509. The smallest absolute Gasteiger partial charge is 0.0784 e. The maximum atomic E-state index is 8.42. The SMILES string of the molecule is NCC(O)CN.NCCN. The van der Waals surface area contributed by atoms with Crippen LogP contribution in [-0.4, -0.2) is 37.4 Å². The van der Waals surface area contributed by atoms with E-state index in [0.717, 1.165) is 0 Å². The number of hydrogen-bond donors (Lipinski definition) is 5. The van der Waals surface area contributed by atoms with Gasteiger partial charge in [-0.15, -0.1) is 0 Å². The van der Waals surface area contributed by atoms with Crippen molar-refractivity contribution in [1.82, 2.24) is 0 Å². The van der Waals surface area contributed by atoms with Gasteiger partial charge >= 0.3 is 0 Å². The highest BCUT2D eigenvalue weighted by Crippen LogP contribution is 1.66. The van der Waals surface area contributed by atoms with Crippen LogP contribution in [0.25, 0.3) is 0 Å². The molecule has 0 atom stereocenters. The molecule has 0 fully saturated rings. The van der Waals surface area contributed by atoms with E-state index in [4.69, 9.17) is 28.0 Å². The van der Waals surface area contributed by atoms with E-state index in [1.807, 2.05) is 0 Å². The van der Waals surface area contributed by atoms with Crippen molar-refractivity contribution in [3.05, 3.63) is 0 Å². The molecule has 0 saturated heterocycles. The lowest BCUT2D eigenvalue weighted by Crippen LogP contribution is -2.27. The highest BCUT2D eigenvalue weighted by Gasteiger charge is 1.91. The van der Waals surface area contributed by atoms with Crippen LogP contribution in [0.2, 0.25) is 0 Å². The number of nitrogens with two attached hydrogens (primary N) is 4. The molecular formula is C5H18N4O. The fourth-order valence-corrected chi connectivity index (χ4v) is 0.0962. The molecule has 9 N–H and O–H groups in total. The first-order chi connectivity index (χ1) is 4.72. The first-order valence-corrected chi connectivity index (χ1v) is 3.21. The molecule has 0 aliphatic carbocycles. The summed E-state index contributed by atoms with van der Waals surface area (Å²) in [6.45, 7) is 1.72. The normalized spacial score (nSPS) is 9.00. The van der Waals surface area contributed by atoms with Gasteiger partial charge in [0.05, 0.1) is 6.10 Å².